The van der Waals surface area contributed by atoms with Gasteiger partial charge < -0.3 is 10.1 Å². The number of hydrogen-bond acceptors (Lipinski definition) is 4. The molecule has 1 aromatic heterocycles. The molecule has 2 heterocycles. The van der Waals surface area contributed by atoms with Gasteiger partial charge in [-0.1, -0.05) is 13.8 Å². The summed E-state index contributed by atoms with van der Waals surface area (Å²) in [6.07, 6.45) is 0. The zero-order valence-electron chi connectivity index (χ0n) is 8.78. The van der Waals surface area contributed by atoms with Crippen molar-refractivity contribution in [2.75, 3.05) is 13.7 Å². The molecule has 0 aliphatic carbocycles. The molecule has 2 atom stereocenters. The number of rotatable bonds is 3. The Morgan fingerprint density at radius 2 is 2.43 bits per heavy atom. The average molecular weight is 212 g/mol. The van der Waals surface area contributed by atoms with Crippen LogP contribution in [0, 0.1) is 11.8 Å². The molecule has 0 aromatic carbocycles. The second-order valence-corrected chi connectivity index (χ2v) is 4.90. The SMILES string of the molecule is COc1cc(C2NCC2C(C)C)sn1. The summed E-state index contributed by atoms with van der Waals surface area (Å²) in [7, 11) is 1.66. The van der Waals surface area contributed by atoms with Gasteiger partial charge in [-0.15, -0.1) is 0 Å². The van der Waals surface area contributed by atoms with Crippen LogP contribution in [0.3, 0.4) is 0 Å². The fraction of sp³-hybridized carbons (Fsp3) is 0.700. The minimum absolute atomic E-state index is 0.497. The topological polar surface area (TPSA) is 34.1 Å². The van der Waals surface area contributed by atoms with Crippen molar-refractivity contribution in [3.63, 3.8) is 0 Å². The fourth-order valence-corrected chi connectivity index (χ4v) is 2.67. The van der Waals surface area contributed by atoms with E-state index in [1.165, 1.54) is 4.88 Å². The van der Waals surface area contributed by atoms with Crippen LogP contribution in [0.4, 0.5) is 0 Å². The van der Waals surface area contributed by atoms with Crippen LogP contribution in [0.2, 0.25) is 0 Å². The van der Waals surface area contributed by atoms with Gasteiger partial charge in [-0.2, -0.15) is 4.37 Å². The molecule has 1 saturated heterocycles. The van der Waals surface area contributed by atoms with Crippen LogP contribution in [0.25, 0.3) is 0 Å². The highest BCUT2D eigenvalue weighted by atomic mass is 32.1. The van der Waals surface area contributed by atoms with Crippen LogP contribution >= 0.6 is 11.5 Å². The van der Waals surface area contributed by atoms with Gasteiger partial charge in [-0.3, -0.25) is 0 Å². The molecule has 0 spiro atoms. The predicted molar refractivity (Wildman–Crippen MR) is 57.7 cm³/mol. The van der Waals surface area contributed by atoms with Gasteiger partial charge in [-0.05, 0) is 23.4 Å². The summed E-state index contributed by atoms with van der Waals surface area (Å²) in [5, 5.41) is 3.45. The van der Waals surface area contributed by atoms with Crippen molar-refractivity contribution < 1.29 is 4.74 Å². The smallest absolute Gasteiger partial charge is 0.225 e. The molecule has 2 rings (SSSR count). The van der Waals surface area contributed by atoms with Crippen LogP contribution in [-0.4, -0.2) is 18.0 Å². The first-order valence-electron chi connectivity index (χ1n) is 4.96. The molecule has 3 nitrogen and oxygen atoms in total. The van der Waals surface area contributed by atoms with Crippen molar-refractivity contribution in [3.05, 3.63) is 10.9 Å². The first kappa shape index (κ1) is 9.93. The van der Waals surface area contributed by atoms with E-state index >= 15 is 0 Å². The largest absolute Gasteiger partial charge is 0.480 e. The van der Waals surface area contributed by atoms with Crippen LogP contribution in [-0.2, 0) is 0 Å². The van der Waals surface area contributed by atoms with E-state index < -0.39 is 0 Å². The number of hydrogen-bond donors (Lipinski definition) is 1. The van der Waals surface area contributed by atoms with E-state index in [1.54, 1.807) is 18.6 Å². The van der Waals surface area contributed by atoms with Crippen molar-refractivity contribution in [2.45, 2.75) is 19.9 Å². The minimum atomic E-state index is 0.497. The van der Waals surface area contributed by atoms with Crippen molar-refractivity contribution in [1.82, 2.24) is 9.69 Å². The Morgan fingerprint density at radius 3 is 2.86 bits per heavy atom. The monoisotopic (exact) mass is 212 g/mol. The van der Waals surface area contributed by atoms with E-state index in [0.29, 0.717) is 6.04 Å². The zero-order chi connectivity index (χ0) is 10.1. The quantitative estimate of drug-likeness (QED) is 0.833. The number of aromatic nitrogens is 1. The van der Waals surface area contributed by atoms with E-state index in [9.17, 15) is 0 Å². The summed E-state index contributed by atoms with van der Waals surface area (Å²) in [6, 6.07) is 2.54. The molecular formula is C10H16N2OS. The Kier molecular flexibility index (Phi) is 2.74. The molecule has 0 radical (unpaired) electrons. The molecule has 2 unspecified atom stereocenters. The van der Waals surface area contributed by atoms with Crippen LogP contribution in [0.1, 0.15) is 24.8 Å². The Morgan fingerprint density at radius 1 is 1.64 bits per heavy atom. The van der Waals surface area contributed by atoms with Gasteiger partial charge in [0.25, 0.3) is 0 Å². The molecule has 1 aliphatic heterocycles. The molecular weight excluding hydrogens is 196 g/mol. The molecule has 1 aromatic rings. The van der Waals surface area contributed by atoms with Crippen LogP contribution in [0.15, 0.2) is 6.07 Å². The van der Waals surface area contributed by atoms with Crippen LogP contribution in [0.5, 0.6) is 5.88 Å². The summed E-state index contributed by atoms with van der Waals surface area (Å²) < 4.78 is 9.29. The Labute approximate surface area is 88.6 Å². The molecule has 4 heteroatoms. The molecule has 1 fully saturated rings. The summed E-state index contributed by atoms with van der Waals surface area (Å²) in [5.74, 6) is 2.22. The maximum absolute atomic E-state index is 5.08. The highest BCUT2D eigenvalue weighted by Gasteiger charge is 2.35. The van der Waals surface area contributed by atoms with Crippen molar-refractivity contribution >= 4 is 11.5 Å². The van der Waals surface area contributed by atoms with E-state index in [-0.39, 0.29) is 0 Å². The van der Waals surface area contributed by atoms with Gasteiger partial charge in [0.05, 0.1) is 7.11 Å². The maximum atomic E-state index is 5.08. The van der Waals surface area contributed by atoms with Gasteiger partial charge in [0.1, 0.15) is 0 Å². The molecule has 14 heavy (non-hydrogen) atoms. The number of methoxy groups -OCH3 is 1. The lowest BCUT2D eigenvalue weighted by Gasteiger charge is -2.40. The lowest BCUT2D eigenvalue weighted by atomic mass is 9.81. The van der Waals surface area contributed by atoms with Gasteiger partial charge >= 0.3 is 0 Å². The highest BCUT2D eigenvalue weighted by Crippen LogP contribution is 2.37. The fourth-order valence-electron chi connectivity index (χ4n) is 1.82. The Balaban J connectivity index is 2.08. The summed E-state index contributed by atoms with van der Waals surface area (Å²) >= 11 is 1.54. The lowest BCUT2D eigenvalue weighted by Crippen LogP contribution is -2.47. The second-order valence-electron chi connectivity index (χ2n) is 4.07. The van der Waals surface area contributed by atoms with Crippen molar-refractivity contribution in [2.24, 2.45) is 11.8 Å². The molecule has 0 bridgehead atoms. The predicted octanol–water partition coefficient (Wildman–Crippen LogP) is 2.07. The number of nitrogens with zero attached hydrogens (tertiary/aromatic N) is 1. The number of ether oxygens (including phenoxy) is 1. The van der Waals surface area contributed by atoms with Gasteiger partial charge in [-0.25, -0.2) is 0 Å². The summed E-state index contributed by atoms with van der Waals surface area (Å²) in [4.78, 5) is 1.30. The first-order chi connectivity index (χ1) is 6.72. The van der Waals surface area contributed by atoms with E-state index in [0.717, 1.165) is 24.3 Å². The molecule has 1 N–H and O–H groups in total. The Bertz CT molecular complexity index is 311. The van der Waals surface area contributed by atoms with E-state index in [2.05, 4.69) is 23.5 Å². The van der Waals surface area contributed by atoms with Crippen molar-refractivity contribution in [3.8, 4) is 5.88 Å². The molecule has 0 saturated carbocycles. The minimum Gasteiger partial charge on any atom is -0.480 e. The number of nitrogens with one attached hydrogen (secondary N) is 1. The molecule has 78 valence electrons. The third-order valence-corrected chi connectivity index (χ3v) is 3.73. The van der Waals surface area contributed by atoms with Gasteiger partial charge in [0.2, 0.25) is 5.88 Å². The van der Waals surface area contributed by atoms with Crippen LogP contribution < -0.4 is 10.1 Å². The Hall–Kier alpha value is -0.610. The highest BCUT2D eigenvalue weighted by molar-refractivity contribution is 7.06. The summed E-state index contributed by atoms with van der Waals surface area (Å²) in [6.45, 7) is 5.68. The first-order valence-corrected chi connectivity index (χ1v) is 5.73. The van der Waals surface area contributed by atoms with Gasteiger partial charge in [0.15, 0.2) is 0 Å². The van der Waals surface area contributed by atoms with E-state index in [1.807, 2.05) is 6.07 Å². The summed E-state index contributed by atoms with van der Waals surface area (Å²) in [5.41, 5.74) is 0. The third kappa shape index (κ3) is 1.64. The van der Waals surface area contributed by atoms with Crippen molar-refractivity contribution in [1.29, 1.82) is 0 Å². The normalized spacial score (nSPS) is 26.3. The lowest BCUT2D eigenvalue weighted by molar-refractivity contribution is 0.177. The standard InChI is InChI=1S/C10H16N2OS/c1-6(2)7-5-11-10(7)8-4-9(13-3)12-14-8/h4,6-7,10-11H,5H2,1-3H3. The zero-order valence-corrected chi connectivity index (χ0v) is 9.60. The maximum Gasteiger partial charge on any atom is 0.225 e. The second kappa shape index (κ2) is 3.87. The van der Waals surface area contributed by atoms with Gasteiger partial charge in [0, 0.05) is 23.5 Å². The third-order valence-electron chi connectivity index (χ3n) is 2.88. The molecule has 1 aliphatic rings. The molecule has 0 amide bonds. The van der Waals surface area contributed by atoms with E-state index in [4.69, 9.17) is 4.74 Å². The average Bonchev–Trinajstić information content (AvgIpc) is 2.49.